The van der Waals surface area contributed by atoms with Crippen molar-refractivity contribution in [2.45, 2.75) is 53.1 Å². The Labute approximate surface area is 134 Å². The summed E-state index contributed by atoms with van der Waals surface area (Å²) in [4.78, 5) is 4.51. The number of aromatic nitrogens is 1. The summed E-state index contributed by atoms with van der Waals surface area (Å²) < 4.78 is 0. The Morgan fingerprint density at radius 3 is 2.59 bits per heavy atom. The fraction of sp³-hybridized carbons (Fsp3) is 0.450. The molecule has 0 radical (unpaired) electrons. The number of nitrogens with one attached hydrogen (secondary N) is 1. The lowest BCUT2D eigenvalue weighted by Gasteiger charge is -2.31. The lowest BCUT2D eigenvalue weighted by Crippen LogP contribution is -2.34. The number of nitrogens with zero attached hydrogens (tertiary/aromatic N) is 1. The Balaban J connectivity index is 2.56. The van der Waals surface area contributed by atoms with Gasteiger partial charge in [-0.25, -0.2) is 0 Å². The molecule has 0 aliphatic carbocycles. The van der Waals surface area contributed by atoms with Crippen molar-refractivity contribution in [3.05, 3.63) is 53.7 Å². The molecule has 0 saturated carbocycles. The van der Waals surface area contributed by atoms with Crippen LogP contribution in [0.15, 0.2) is 48.2 Å². The van der Waals surface area contributed by atoms with Crippen LogP contribution in [-0.2, 0) is 0 Å². The molecule has 1 aromatic carbocycles. The molecular formula is C20H28N2. The second-order valence-corrected chi connectivity index (χ2v) is 6.26. The Bertz CT molecular complexity index is 638. The van der Waals surface area contributed by atoms with Crippen LogP contribution >= 0.6 is 0 Å². The molecule has 0 aliphatic rings. The molecule has 0 bridgehead atoms. The maximum absolute atomic E-state index is 4.51. The van der Waals surface area contributed by atoms with Gasteiger partial charge in [-0.2, -0.15) is 0 Å². The predicted octanol–water partition coefficient (Wildman–Crippen LogP) is 5.27. The zero-order chi connectivity index (χ0) is 16.1. The van der Waals surface area contributed by atoms with Crippen LogP contribution in [0.25, 0.3) is 10.9 Å². The Kier molecular flexibility index (Phi) is 5.73. The molecular weight excluding hydrogens is 268 g/mol. The second kappa shape index (κ2) is 7.55. The van der Waals surface area contributed by atoms with Crippen LogP contribution < -0.4 is 5.32 Å². The van der Waals surface area contributed by atoms with Crippen molar-refractivity contribution in [2.75, 3.05) is 0 Å². The first-order valence-corrected chi connectivity index (χ1v) is 8.31. The standard InChI is InChI=1S/C20H28N2/c1-6-15(5)16(7-2)20(22-14(3)4)18-12-13-21-19-11-9-8-10-17(18)19/h6,8-14,16,20,22H,7H2,1-5H3/b15-6-. The molecule has 2 heteroatoms. The lowest BCUT2D eigenvalue weighted by molar-refractivity contribution is 0.369. The first kappa shape index (κ1) is 16.7. The van der Waals surface area contributed by atoms with Gasteiger partial charge in [0.05, 0.1) is 5.52 Å². The molecule has 2 aromatic rings. The summed E-state index contributed by atoms with van der Waals surface area (Å²) in [7, 11) is 0. The van der Waals surface area contributed by atoms with Gasteiger partial charge in [0.15, 0.2) is 0 Å². The smallest absolute Gasteiger partial charge is 0.0705 e. The molecule has 1 heterocycles. The number of benzene rings is 1. The number of hydrogen-bond acceptors (Lipinski definition) is 2. The van der Waals surface area contributed by atoms with E-state index in [9.17, 15) is 0 Å². The second-order valence-electron chi connectivity index (χ2n) is 6.26. The molecule has 0 fully saturated rings. The third-order valence-electron chi connectivity index (χ3n) is 4.41. The van der Waals surface area contributed by atoms with Crippen LogP contribution in [0.4, 0.5) is 0 Å². The molecule has 2 nitrogen and oxygen atoms in total. The molecule has 118 valence electrons. The first-order chi connectivity index (χ1) is 10.6. The summed E-state index contributed by atoms with van der Waals surface area (Å²) in [6.45, 7) is 11.1. The van der Waals surface area contributed by atoms with Crippen molar-refractivity contribution in [3.63, 3.8) is 0 Å². The summed E-state index contributed by atoms with van der Waals surface area (Å²) in [5.74, 6) is 0.498. The molecule has 2 rings (SSSR count). The van der Waals surface area contributed by atoms with Gasteiger partial charge in [0, 0.05) is 23.7 Å². The van der Waals surface area contributed by atoms with Crippen LogP contribution in [0.3, 0.4) is 0 Å². The first-order valence-electron chi connectivity index (χ1n) is 8.31. The van der Waals surface area contributed by atoms with E-state index in [1.165, 1.54) is 16.5 Å². The minimum Gasteiger partial charge on any atom is -0.307 e. The highest BCUT2D eigenvalue weighted by atomic mass is 14.9. The van der Waals surface area contributed by atoms with Crippen LogP contribution in [0.5, 0.6) is 0 Å². The Morgan fingerprint density at radius 2 is 1.95 bits per heavy atom. The highest BCUT2D eigenvalue weighted by Gasteiger charge is 2.25. The van der Waals surface area contributed by atoms with E-state index in [-0.39, 0.29) is 0 Å². The highest BCUT2D eigenvalue weighted by Crippen LogP contribution is 2.34. The number of pyridine rings is 1. The molecule has 2 atom stereocenters. The van der Waals surface area contributed by atoms with E-state index < -0.39 is 0 Å². The summed E-state index contributed by atoms with van der Waals surface area (Å²) in [6, 6.07) is 11.4. The average Bonchev–Trinajstić information content (AvgIpc) is 2.53. The SMILES string of the molecule is C/C=C(/C)C(CC)C(NC(C)C)c1ccnc2ccccc12. The number of allylic oxidation sites excluding steroid dienone is 1. The molecule has 0 spiro atoms. The van der Waals surface area contributed by atoms with E-state index in [1.807, 2.05) is 6.20 Å². The van der Waals surface area contributed by atoms with Gasteiger partial charge < -0.3 is 5.32 Å². The van der Waals surface area contributed by atoms with Gasteiger partial charge in [-0.1, -0.05) is 50.6 Å². The largest absolute Gasteiger partial charge is 0.307 e. The molecule has 2 unspecified atom stereocenters. The molecule has 1 aromatic heterocycles. The van der Waals surface area contributed by atoms with Gasteiger partial charge in [0.25, 0.3) is 0 Å². The molecule has 0 aliphatic heterocycles. The quantitative estimate of drug-likeness (QED) is 0.735. The molecule has 0 saturated heterocycles. The number of para-hydroxylation sites is 1. The molecule has 1 N–H and O–H groups in total. The highest BCUT2D eigenvalue weighted by molar-refractivity contribution is 5.82. The third-order valence-corrected chi connectivity index (χ3v) is 4.41. The van der Waals surface area contributed by atoms with E-state index in [4.69, 9.17) is 0 Å². The summed E-state index contributed by atoms with van der Waals surface area (Å²) in [5, 5.41) is 5.04. The van der Waals surface area contributed by atoms with Crippen LogP contribution in [-0.4, -0.2) is 11.0 Å². The fourth-order valence-electron chi connectivity index (χ4n) is 3.21. The van der Waals surface area contributed by atoms with Gasteiger partial charge in [0.2, 0.25) is 0 Å². The molecule has 22 heavy (non-hydrogen) atoms. The van der Waals surface area contributed by atoms with Crippen molar-refractivity contribution in [1.82, 2.24) is 10.3 Å². The minimum absolute atomic E-state index is 0.314. The fourth-order valence-corrected chi connectivity index (χ4v) is 3.21. The molecule has 0 amide bonds. The van der Waals surface area contributed by atoms with Crippen molar-refractivity contribution in [3.8, 4) is 0 Å². The van der Waals surface area contributed by atoms with E-state index in [1.54, 1.807) is 0 Å². The van der Waals surface area contributed by atoms with Crippen molar-refractivity contribution < 1.29 is 0 Å². The monoisotopic (exact) mass is 296 g/mol. The zero-order valence-electron chi connectivity index (χ0n) is 14.4. The number of rotatable bonds is 6. The van der Waals surface area contributed by atoms with Gasteiger partial charge in [-0.3, -0.25) is 4.98 Å². The van der Waals surface area contributed by atoms with Crippen LogP contribution in [0.1, 0.15) is 52.6 Å². The summed E-state index contributed by atoms with van der Waals surface area (Å²) >= 11 is 0. The topological polar surface area (TPSA) is 24.9 Å². The Morgan fingerprint density at radius 1 is 1.23 bits per heavy atom. The van der Waals surface area contributed by atoms with Gasteiger partial charge >= 0.3 is 0 Å². The zero-order valence-corrected chi connectivity index (χ0v) is 14.4. The predicted molar refractivity (Wildman–Crippen MR) is 96.0 cm³/mol. The van der Waals surface area contributed by atoms with Crippen molar-refractivity contribution in [1.29, 1.82) is 0 Å². The van der Waals surface area contributed by atoms with Gasteiger partial charge in [-0.15, -0.1) is 0 Å². The van der Waals surface area contributed by atoms with Crippen molar-refractivity contribution in [2.24, 2.45) is 5.92 Å². The van der Waals surface area contributed by atoms with E-state index in [0.717, 1.165) is 11.9 Å². The van der Waals surface area contributed by atoms with Crippen molar-refractivity contribution >= 4 is 10.9 Å². The van der Waals surface area contributed by atoms with Crippen LogP contribution in [0, 0.1) is 5.92 Å². The van der Waals surface area contributed by atoms with Gasteiger partial charge in [0.1, 0.15) is 0 Å². The number of fused-ring (bicyclic) bond motifs is 1. The summed E-state index contributed by atoms with van der Waals surface area (Å²) in [6.07, 6.45) is 5.30. The van der Waals surface area contributed by atoms with E-state index in [0.29, 0.717) is 18.0 Å². The lowest BCUT2D eigenvalue weighted by atomic mass is 9.84. The maximum atomic E-state index is 4.51. The normalized spacial score (nSPS) is 15.3. The van der Waals surface area contributed by atoms with Gasteiger partial charge in [-0.05, 0) is 43.9 Å². The maximum Gasteiger partial charge on any atom is 0.0705 e. The summed E-state index contributed by atoms with van der Waals surface area (Å²) in [5.41, 5.74) is 3.87. The van der Waals surface area contributed by atoms with E-state index >= 15 is 0 Å². The number of hydrogen-bond donors (Lipinski definition) is 1. The minimum atomic E-state index is 0.314. The Hall–Kier alpha value is -1.67. The van der Waals surface area contributed by atoms with Crippen LogP contribution in [0.2, 0.25) is 0 Å². The average molecular weight is 296 g/mol. The third kappa shape index (κ3) is 3.56. The van der Waals surface area contributed by atoms with E-state index in [2.05, 4.69) is 81.3 Å².